The lowest BCUT2D eigenvalue weighted by Gasteiger charge is -2.29. The second kappa shape index (κ2) is 9.96. The summed E-state index contributed by atoms with van der Waals surface area (Å²) in [6.45, 7) is 2.27. The van der Waals surface area contributed by atoms with Crippen molar-refractivity contribution in [3.8, 4) is 0 Å². The number of pyridine rings is 1. The van der Waals surface area contributed by atoms with Crippen LogP contribution in [0.5, 0.6) is 0 Å². The van der Waals surface area contributed by atoms with Crippen molar-refractivity contribution < 1.29 is 8.78 Å². The van der Waals surface area contributed by atoms with Crippen LogP contribution in [0, 0.1) is 17.7 Å². The topological polar surface area (TPSA) is 12.9 Å². The van der Waals surface area contributed by atoms with Gasteiger partial charge in [-0.1, -0.05) is 56.9 Å². The number of halogens is 2. The Hall–Kier alpha value is -1.77. The predicted octanol–water partition coefficient (Wildman–Crippen LogP) is 7.00. The largest absolute Gasteiger partial charge is 0.248 e. The molecule has 1 aromatic carbocycles. The van der Waals surface area contributed by atoms with E-state index in [-0.39, 0.29) is 0 Å². The predicted molar refractivity (Wildman–Crippen MR) is 107 cm³/mol. The van der Waals surface area contributed by atoms with Gasteiger partial charge >= 0.3 is 0 Å². The van der Waals surface area contributed by atoms with Gasteiger partial charge in [-0.05, 0) is 73.1 Å². The van der Waals surface area contributed by atoms with Crippen molar-refractivity contribution in [1.82, 2.24) is 4.98 Å². The van der Waals surface area contributed by atoms with E-state index in [1.54, 1.807) is 0 Å². The van der Waals surface area contributed by atoms with Crippen LogP contribution >= 0.6 is 0 Å². The molecule has 1 fully saturated rings. The van der Waals surface area contributed by atoms with Gasteiger partial charge in [0.15, 0.2) is 5.82 Å². The van der Waals surface area contributed by atoms with Crippen LogP contribution in [0.15, 0.2) is 36.5 Å². The van der Waals surface area contributed by atoms with Crippen LogP contribution in [0.1, 0.15) is 80.9 Å². The van der Waals surface area contributed by atoms with Crippen molar-refractivity contribution in [2.45, 2.75) is 77.0 Å². The average molecular weight is 372 g/mol. The Morgan fingerprint density at radius 2 is 1.63 bits per heavy atom. The maximum absolute atomic E-state index is 13.2. The highest BCUT2D eigenvalue weighted by Crippen LogP contribution is 2.37. The molecular formula is C24H31F2N. The Kier molecular flexibility index (Phi) is 7.37. The molecule has 1 heterocycles. The number of nitrogens with zero attached hydrogens (tertiary/aromatic N) is 1. The molecule has 0 bridgehead atoms. The number of hydrogen-bond donors (Lipinski definition) is 0. The van der Waals surface area contributed by atoms with E-state index in [1.165, 1.54) is 74.8 Å². The van der Waals surface area contributed by atoms with E-state index in [0.29, 0.717) is 12.3 Å². The van der Waals surface area contributed by atoms with Gasteiger partial charge < -0.3 is 0 Å². The Balaban J connectivity index is 1.47. The zero-order valence-electron chi connectivity index (χ0n) is 16.4. The third-order valence-electron chi connectivity index (χ3n) is 6.07. The number of aromatic nitrogens is 1. The number of rotatable bonds is 8. The van der Waals surface area contributed by atoms with Gasteiger partial charge in [0.25, 0.3) is 0 Å². The van der Waals surface area contributed by atoms with Gasteiger partial charge in [0, 0.05) is 6.20 Å². The first-order valence-corrected chi connectivity index (χ1v) is 10.5. The molecule has 0 N–H and O–H groups in total. The third-order valence-corrected chi connectivity index (χ3v) is 6.07. The van der Waals surface area contributed by atoms with E-state index in [9.17, 15) is 8.78 Å². The van der Waals surface area contributed by atoms with E-state index in [1.807, 2.05) is 0 Å². The molecule has 0 unspecified atom stereocenters. The lowest BCUT2D eigenvalue weighted by atomic mass is 9.77. The Bertz CT molecular complexity index is 703. The molecule has 0 aliphatic heterocycles. The van der Waals surface area contributed by atoms with Gasteiger partial charge in [0.1, 0.15) is 0 Å². The molecule has 0 radical (unpaired) electrons. The van der Waals surface area contributed by atoms with Crippen molar-refractivity contribution in [3.63, 3.8) is 0 Å². The van der Waals surface area contributed by atoms with Crippen LogP contribution in [0.3, 0.4) is 0 Å². The van der Waals surface area contributed by atoms with E-state index in [4.69, 9.17) is 0 Å². The summed E-state index contributed by atoms with van der Waals surface area (Å²) in [5.74, 6) is -0.245. The fourth-order valence-corrected chi connectivity index (χ4v) is 4.31. The second-order valence-electron chi connectivity index (χ2n) is 8.07. The van der Waals surface area contributed by atoms with Crippen molar-refractivity contribution in [3.05, 3.63) is 65.0 Å². The third kappa shape index (κ3) is 5.85. The number of hydrogen-bond acceptors (Lipinski definition) is 1. The van der Waals surface area contributed by atoms with Crippen molar-refractivity contribution >= 4 is 0 Å². The molecule has 1 aromatic heterocycles. The minimum absolute atomic E-state index is 0.673. The summed E-state index contributed by atoms with van der Waals surface area (Å²) in [5, 5.41) is 0. The van der Waals surface area contributed by atoms with Gasteiger partial charge in [-0.3, -0.25) is 0 Å². The fourth-order valence-electron chi connectivity index (χ4n) is 4.31. The molecule has 0 spiro atoms. The molecular weight excluding hydrogens is 340 g/mol. The van der Waals surface area contributed by atoms with E-state index < -0.39 is 11.8 Å². The number of benzene rings is 1. The van der Waals surface area contributed by atoms with Crippen LogP contribution in [0.25, 0.3) is 0 Å². The molecule has 27 heavy (non-hydrogen) atoms. The van der Waals surface area contributed by atoms with Crippen LogP contribution < -0.4 is 0 Å². The summed E-state index contributed by atoms with van der Waals surface area (Å²) in [6, 6.07) is 10.2. The molecule has 0 saturated heterocycles. The molecule has 3 heteroatoms. The van der Waals surface area contributed by atoms with E-state index in [2.05, 4.69) is 36.2 Å². The molecule has 0 amide bonds. The fraction of sp³-hybridized carbons (Fsp3) is 0.542. The van der Waals surface area contributed by atoms with Gasteiger partial charge in [-0.2, -0.15) is 4.39 Å². The van der Waals surface area contributed by atoms with E-state index in [0.717, 1.165) is 17.9 Å². The maximum atomic E-state index is 13.2. The molecule has 1 nitrogen and oxygen atoms in total. The van der Waals surface area contributed by atoms with Crippen LogP contribution in [-0.2, 0) is 12.8 Å². The lowest BCUT2D eigenvalue weighted by Crippen LogP contribution is -2.13. The normalized spacial score (nSPS) is 20.0. The van der Waals surface area contributed by atoms with Crippen molar-refractivity contribution in [1.29, 1.82) is 0 Å². The summed E-state index contributed by atoms with van der Waals surface area (Å²) in [5.41, 5.74) is 3.43. The highest BCUT2D eigenvalue weighted by molar-refractivity contribution is 5.27. The van der Waals surface area contributed by atoms with Crippen LogP contribution in [0.2, 0.25) is 0 Å². The van der Waals surface area contributed by atoms with Gasteiger partial charge in [0.2, 0.25) is 5.95 Å². The second-order valence-corrected chi connectivity index (χ2v) is 8.07. The maximum Gasteiger partial charge on any atom is 0.248 e. The molecule has 1 aliphatic carbocycles. The molecule has 1 saturated carbocycles. The first-order chi connectivity index (χ1) is 13.2. The first-order valence-electron chi connectivity index (χ1n) is 10.5. The Labute approximate surface area is 162 Å². The summed E-state index contributed by atoms with van der Waals surface area (Å²) in [6.07, 6.45) is 13.8. The molecule has 3 rings (SSSR count). The van der Waals surface area contributed by atoms with Gasteiger partial charge in [0.05, 0.1) is 0 Å². The summed E-state index contributed by atoms with van der Waals surface area (Å²) in [7, 11) is 0. The number of aryl methyl sites for hydroxylation is 2. The number of unbranched alkanes of at least 4 members (excludes halogenated alkanes) is 2. The quantitative estimate of drug-likeness (QED) is 0.359. The lowest BCUT2D eigenvalue weighted by molar-refractivity contribution is 0.303. The highest BCUT2D eigenvalue weighted by atomic mass is 19.2. The van der Waals surface area contributed by atoms with Gasteiger partial charge in [-0.25, -0.2) is 9.37 Å². The van der Waals surface area contributed by atoms with E-state index >= 15 is 0 Å². The van der Waals surface area contributed by atoms with Crippen LogP contribution in [-0.4, -0.2) is 4.98 Å². The Morgan fingerprint density at radius 3 is 2.30 bits per heavy atom. The standard InChI is InChI=1S/C24H31F2N/c1-2-3-4-5-18-8-12-21(13-9-18)22-14-10-19(11-15-22)6-7-20-16-23(25)24(26)27-17-20/h10-11,14-18,21H,2-9,12-13H2,1H3/t18-,21-. The smallest absolute Gasteiger partial charge is 0.225 e. The highest BCUT2D eigenvalue weighted by Gasteiger charge is 2.21. The first kappa shape index (κ1) is 20.0. The molecule has 146 valence electrons. The minimum atomic E-state index is -1.02. The minimum Gasteiger partial charge on any atom is -0.225 e. The van der Waals surface area contributed by atoms with Crippen LogP contribution in [0.4, 0.5) is 8.78 Å². The summed E-state index contributed by atoms with van der Waals surface area (Å²) in [4.78, 5) is 3.45. The van der Waals surface area contributed by atoms with Crippen molar-refractivity contribution in [2.75, 3.05) is 0 Å². The monoisotopic (exact) mass is 371 g/mol. The molecule has 2 aromatic rings. The SMILES string of the molecule is CCCCC[C@H]1CC[C@H](c2ccc(CCc3cnc(F)c(F)c3)cc2)CC1. The summed E-state index contributed by atoms with van der Waals surface area (Å²) < 4.78 is 26.1. The zero-order chi connectivity index (χ0) is 19.1. The van der Waals surface area contributed by atoms with Gasteiger partial charge in [-0.15, -0.1) is 0 Å². The van der Waals surface area contributed by atoms with Crippen molar-refractivity contribution in [2.24, 2.45) is 5.92 Å². The molecule has 1 aliphatic rings. The Morgan fingerprint density at radius 1 is 0.926 bits per heavy atom. The summed E-state index contributed by atoms with van der Waals surface area (Å²) >= 11 is 0. The zero-order valence-corrected chi connectivity index (χ0v) is 16.4. The molecule has 0 atom stereocenters. The average Bonchev–Trinajstić information content (AvgIpc) is 2.70.